The highest BCUT2D eigenvalue weighted by Crippen LogP contribution is 2.30. The predicted molar refractivity (Wildman–Crippen MR) is 105 cm³/mol. The summed E-state index contributed by atoms with van der Waals surface area (Å²) in [6.45, 7) is 2.22. The molecule has 0 aliphatic carbocycles. The normalized spacial score (nSPS) is 11.3. The molecule has 0 unspecified atom stereocenters. The highest BCUT2D eigenvalue weighted by Gasteiger charge is 2.15. The molecule has 0 atom stereocenters. The molecule has 1 N–H and O–H groups in total. The number of H-pyrrole nitrogens is 1. The van der Waals surface area contributed by atoms with Gasteiger partial charge in [-0.15, -0.1) is 21.5 Å². The van der Waals surface area contributed by atoms with Crippen LogP contribution in [0.15, 0.2) is 57.3 Å². The van der Waals surface area contributed by atoms with E-state index in [1.54, 1.807) is 12.3 Å². The van der Waals surface area contributed by atoms with Crippen molar-refractivity contribution in [1.82, 2.24) is 30.2 Å². The lowest BCUT2D eigenvalue weighted by atomic mass is 10.1. The Morgan fingerprint density at radius 3 is 2.89 bits per heavy atom. The van der Waals surface area contributed by atoms with Crippen LogP contribution >= 0.6 is 11.3 Å². The second kappa shape index (κ2) is 6.54. The van der Waals surface area contributed by atoms with Crippen LogP contribution in [0.3, 0.4) is 0 Å². The lowest BCUT2D eigenvalue weighted by molar-refractivity contribution is 0.555. The number of aromatic amines is 1. The van der Waals surface area contributed by atoms with Gasteiger partial charge in [0.05, 0.1) is 11.6 Å². The van der Waals surface area contributed by atoms with E-state index in [2.05, 4.69) is 25.4 Å². The maximum Gasteiger partial charge on any atom is 0.260 e. The third kappa shape index (κ3) is 2.81. The maximum atomic E-state index is 12.6. The van der Waals surface area contributed by atoms with Crippen molar-refractivity contribution < 1.29 is 4.42 Å². The molecule has 4 heterocycles. The van der Waals surface area contributed by atoms with Crippen molar-refractivity contribution in [3.63, 3.8) is 0 Å². The molecule has 0 spiro atoms. The van der Waals surface area contributed by atoms with Crippen molar-refractivity contribution in [1.29, 1.82) is 0 Å². The van der Waals surface area contributed by atoms with Gasteiger partial charge in [0.15, 0.2) is 0 Å². The lowest BCUT2D eigenvalue weighted by Gasteiger charge is -2.01. The molecule has 1 aromatic carbocycles. The summed E-state index contributed by atoms with van der Waals surface area (Å²) >= 11 is 1.40. The number of aryl methyl sites for hydroxylation is 1. The van der Waals surface area contributed by atoms with Crippen molar-refractivity contribution in [3.05, 3.63) is 69.8 Å². The van der Waals surface area contributed by atoms with Gasteiger partial charge in [0.1, 0.15) is 23.0 Å². The molecule has 0 saturated carbocycles. The molecule has 8 nitrogen and oxygen atoms in total. The highest BCUT2D eigenvalue weighted by atomic mass is 32.1. The fourth-order valence-corrected chi connectivity index (χ4v) is 4.00. The van der Waals surface area contributed by atoms with Crippen molar-refractivity contribution in [2.24, 2.45) is 0 Å². The number of hydrogen-bond donors (Lipinski definition) is 1. The van der Waals surface area contributed by atoms with E-state index in [4.69, 9.17) is 4.42 Å². The fourth-order valence-electron chi connectivity index (χ4n) is 3.06. The van der Waals surface area contributed by atoms with Gasteiger partial charge in [0, 0.05) is 16.5 Å². The predicted octanol–water partition coefficient (Wildman–Crippen LogP) is 3.25. The monoisotopic (exact) mass is 390 g/mol. The zero-order chi connectivity index (χ0) is 19.1. The minimum Gasteiger partial charge on any atom is -0.464 e. The van der Waals surface area contributed by atoms with Crippen molar-refractivity contribution in [2.45, 2.75) is 13.5 Å². The number of nitrogens with one attached hydrogen (secondary N) is 1. The first-order valence-electron chi connectivity index (χ1n) is 8.57. The van der Waals surface area contributed by atoms with Crippen LogP contribution in [0, 0.1) is 6.92 Å². The Labute approximate surface area is 162 Å². The van der Waals surface area contributed by atoms with Gasteiger partial charge in [-0.3, -0.25) is 4.79 Å². The van der Waals surface area contributed by atoms with E-state index in [0.29, 0.717) is 27.6 Å². The lowest BCUT2D eigenvalue weighted by Crippen LogP contribution is -2.15. The van der Waals surface area contributed by atoms with Crippen molar-refractivity contribution in [3.8, 4) is 22.7 Å². The van der Waals surface area contributed by atoms with Crippen LogP contribution in [0.4, 0.5) is 0 Å². The Morgan fingerprint density at radius 2 is 2.07 bits per heavy atom. The van der Waals surface area contributed by atoms with Gasteiger partial charge in [-0.1, -0.05) is 24.3 Å². The molecular formula is C19H14N6O2S. The molecule has 5 rings (SSSR count). The van der Waals surface area contributed by atoms with Crippen LogP contribution in [-0.4, -0.2) is 30.2 Å². The second-order valence-electron chi connectivity index (χ2n) is 6.28. The summed E-state index contributed by atoms with van der Waals surface area (Å²) < 4.78 is 5.42. The number of thiophene rings is 1. The molecule has 0 bridgehead atoms. The van der Waals surface area contributed by atoms with Crippen LogP contribution < -0.4 is 5.56 Å². The quantitative estimate of drug-likeness (QED) is 0.505. The van der Waals surface area contributed by atoms with E-state index in [0.717, 1.165) is 16.7 Å². The van der Waals surface area contributed by atoms with E-state index >= 15 is 0 Å². The maximum absolute atomic E-state index is 12.6. The van der Waals surface area contributed by atoms with E-state index in [1.807, 2.05) is 42.6 Å². The summed E-state index contributed by atoms with van der Waals surface area (Å²) in [6.07, 6.45) is 1.58. The van der Waals surface area contributed by atoms with Crippen molar-refractivity contribution >= 4 is 21.6 Å². The first-order chi connectivity index (χ1) is 13.7. The van der Waals surface area contributed by atoms with E-state index in [-0.39, 0.29) is 12.1 Å². The zero-order valence-corrected chi connectivity index (χ0v) is 15.6. The molecule has 0 aliphatic heterocycles. The third-order valence-corrected chi connectivity index (χ3v) is 5.28. The largest absolute Gasteiger partial charge is 0.464 e. The average Bonchev–Trinajstić information content (AvgIpc) is 3.42. The van der Waals surface area contributed by atoms with Gasteiger partial charge < -0.3 is 9.40 Å². The number of aromatic nitrogens is 6. The number of tetrazole rings is 1. The van der Waals surface area contributed by atoms with Crippen LogP contribution in [0.25, 0.3) is 32.9 Å². The molecule has 0 amide bonds. The Hall–Kier alpha value is -3.59. The van der Waals surface area contributed by atoms with Gasteiger partial charge >= 0.3 is 0 Å². The summed E-state index contributed by atoms with van der Waals surface area (Å²) in [7, 11) is 0. The minimum atomic E-state index is -0.216. The molecule has 5 aromatic rings. The third-order valence-electron chi connectivity index (χ3n) is 4.41. The van der Waals surface area contributed by atoms with Gasteiger partial charge in [0.2, 0.25) is 5.82 Å². The van der Waals surface area contributed by atoms with E-state index in [1.165, 1.54) is 16.1 Å². The van der Waals surface area contributed by atoms with Crippen molar-refractivity contribution in [2.75, 3.05) is 0 Å². The highest BCUT2D eigenvalue weighted by molar-refractivity contribution is 7.17. The zero-order valence-electron chi connectivity index (χ0n) is 14.8. The summed E-state index contributed by atoms with van der Waals surface area (Å²) in [5.74, 6) is 1.66. The molecule has 0 radical (unpaired) electrons. The Bertz CT molecular complexity index is 1330. The van der Waals surface area contributed by atoms with Crippen LogP contribution in [0.5, 0.6) is 0 Å². The molecular weight excluding hydrogens is 376 g/mol. The average molecular weight is 390 g/mol. The first kappa shape index (κ1) is 16.6. The summed E-state index contributed by atoms with van der Waals surface area (Å²) in [6, 6.07) is 11.5. The number of nitrogens with zero attached hydrogens (tertiary/aromatic N) is 5. The fraction of sp³-hybridized carbons (Fsp3) is 0.105. The van der Waals surface area contributed by atoms with Crippen LogP contribution in [0.1, 0.15) is 11.4 Å². The Kier molecular flexibility index (Phi) is 3.87. The van der Waals surface area contributed by atoms with E-state index in [9.17, 15) is 4.79 Å². The molecule has 0 saturated heterocycles. The Morgan fingerprint density at radius 1 is 1.18 bits per heavy atom. The number of furan rings is 1. The second-order valence-corrected chi connectivity index (χ2v) is 7.14. The molecule has 28 heavy (non-hydrogen) atoms. The number of fused-ring (bicyclic) bond motifs is 1. The Balaban J connectivity index is 1.48. The van der Waals surface area contributed by atoms with Gasteiger partial charge in [-0.2, -0.15) is 4.80 Å². The molecule has 9 heteroatoms. The number of benzene rings is 1. The topological polar surface area (TPSA) is 102 Å². The standard InChI is InChI=1S/C19H14N6O2S/c1-11-5-2-3-6-12(11)17-22-24-25(23-17)9-15-20-18(26)16-13(10-28-19(16)21-15)14-7-4-8-27-14/h2-8,10H,9H2,1H3,(H,20,21,26). The van der Waals surface area contributed by atoms with E-state index < -0.39 is 0 Å². The summed E-state index contributed by atoms with van der Waals surface area (Å²) in [5, 5.41) is 15.0. The molecule has 0 aliphatic rings. The molecule has 0 fully saturated rings. The van der Waals surface area contributed by atoms with Crippen LogP contribution in [0.2, 0.25) is 0 Å². The smallest absolute Gasteiger partial charge is 0.260 e. The van der Waals surface area contributed by atoms with Gasteiger partial charge in [-0.05, 0) is 29.8 Å². The number of hydrogen-bond acceptors (Lipinski definition) is 7. The number of rotatable bonds is 4. The summed E-state index contributed by atoms with van der Waals surface area (Å²) in [4.78, 5) is 22.1. The molecule has 138 valence electrons. The van der Waals surface area contributed by atoms with Gasteiger partial charge in [-0.25, -0.2) is 4.98 Å². The minimum absolute atomic E-state index is 0.216. The SMILES string of the molecule is Cc1ccccc1-c1nnn(Cc2nc3scc(-c4ccco4)c3c(=O)[nH]2)n1. The van der Waals surface area contributed by atoms with Crippen LogP contribution in [-0.2, 0) is 6.54 Å². The van der Waals surface area contributed by atoms with Gasteiger partial charge in [0.25, 0.3) is 5.56 Å². The molecule has 4 aromatic heterocycles. The first-order valence-corrected chi connectivity index (χ1v) is 9.45. The summed E-state index contributed by atoms with van der Waals surface area (Å²) in [5.41, 5.74) is 2.52.